The van der Waals surface area contributed by atoms with Gasteiger partial charge in [0, 0.05) is 17.8 Å². The number of nitro benzene ring substituents is 1. The first-order valence-corrected chi connectivity index (χ1v) is 6.46. The summed E-state index contributed by atoms with van der Waals surface area (Å²) in [6.45, 7) is 0. The third-order valence-electron chi connectivity index (χ3n) is 2.23. The first-order chi connectivity index (χ1) is 8.54. The third kappa shape index (κ3) is 4.40. The zero-order chi connectivity index (χ0) is 13.5. The lowest BCUT2D eigenvalue weighted by Gasteiger charge is -2.05. The predicted octanol–water partition coefficient (Wildman–Crippen LogP) is 3.24. The lowest BCUT2D eigenvalue weighted by atomic mass is 10.2. The Morgan fingerprint density at radius 1 is 1.44 bits per heavy atom. The molecule has 1 rings (SSSR count). The minimum atomic E-state index is -0.807. The van der Waals surface area contributed by atoms with Crippen molar-refractivity contribution in [3.63, 3.8) is 0 Å². The summed E-state index contributed by atoms with van der Waals surface area (Å²) >= 11 is 3.24. The van der Waals surface area contributed by atoms with Gasteiger partial charge in [-0.2, -0.15) is 0 Å². The second-order valence-electron chi connectivity index (χ2n) is 3.62. The molecule has 0 spiro atoms. The van der Waals surface area contributed by atoms with E-state index in [9.17, 15) is 19.3 Å². The smallest absolute Gasteiger partial charge is 0.272 e. The summed E-state index contributed by atoms with van der Waals surface area (Å²) in [5.74, 6) is -1.11. The molecule has 1 N–H and O–H groups in total. The van der Waals surface area contributed by atoms with Crippen molar-refractivity contribution in [2.24, 2.45) is 0 Å². The quantitative estimate of drug-likeness (QED) is 0.379. The largest absolute Gasteiger partial charge is 0.324 e. The molecule has 0 atom stereocenters. The standard InChI is InChI=1S/C11H12BrFN2O3/c12-6-2-1-3-11(16)14-10-5-4-8(15(17)18)7-9(10)13/h4-5,7H,1-3,6H2,(H,14,16). The molecule has 0 saturated carbocycles. The molecule has 0 heterocycles. The highest BCUT2D eigenvalue weighted by molar-refractivity contribution is 9.09. The van der Waals surface area contributed by atoms with Gasteiger partial charge in [0.05, 0.1) is 16.7 Å². The second-order valence-corrected chi connectivity index (χ2v) is 4.41. The normalized spacial score (nSPS) is 10.1. The SMILES string of the molecule is O=C(CCCCBr)Nc1ccc([N+](=O)[O-])cc1F. The molecule has 0 aliphatic heterocycles. The second kappa shape index (κ2) is 7.05. The summed E-state index contributed by atoms with van der Waals surface area (Å²) in [5.41, 5.74) is -0.380. The molecule has 5 nitrogen and oxygen atoms in total. The monoisotopic (exact) mass is 318 g/mol. The molecule has 0 radical (unpaired) electrons. The first-order valence-electron chi connectivity index (χ1n) is 5.34. The molecule has 1 aromatic rings. The Balaban J connectivity index is 2.62. The Hall–Kier alpha value is -1.50. The van der Waals surface area contributed by atoms with Gasteiger partial charge in [-0.1, -0.05) is 15.9 Å². The minimum Gasteiger partial charge on any atom is -0.324 e. The van der Waals surface area contributed by atoms with Crippen molar-refractivity contribution < 1.29 is 14.1 Å². The fourth-order valence-corrected chi connectivity index (χ4v) is 1.71. The number of benzene rings is 1. The van der Waals surface area contributed by atoms with Crippen LogP contribution >= 0.6 is 15.9 Å². The molecule has 7 heteroatoms. The van der Waals surface area contributed by atoms with E-state index in [1.54, 1.807) is 0 Å². The molecule has 0 fully saturated rings. The van der Waals surface area contributed by atoms with E-state index in [0.29, 0.717) is 12.8 Å². The van der Waals surface area contributed by atoms with E-state index in [-0.39, 0.29) is 17.3 Å². The number of halogens is 2. The molecule has 1 amide bonds. The summed E-state index contributed by atoms with van der Waals surface area (Å²) in [5, 5.41) is 13.6. The van der Waals surface area contributed by atoms with E-state index in [2.05, 4.69) is 21.2 Å². The Kier molecular flexibility index (Phi) is 5.70. The predicted molar refractivity (Wildman–Crippen MR) is 69.3 cm³/mol. The van der Waals surface area contributed by atoms with E-state index in [0.717, 1.165) is 23.9 Å². The lowest BCUT2D eigenvalue weighted by Crippen LogP contribution is -2.12. The van der Waals surface area contributed by atoms with Crippen molar-refractivity contribution in [3.8, 4) is 0 Å². The number of non-ortho nitro benzene ring substituents is 1. The van der Waals surface area contributed by atoms with E-state index >= 15 is 0 Å². The van der Waals surface area contributed by atoms with Crippen LogP contribution in [0.3, 0.4) is 0 Å². The van der Waals surface area contributed by atoms with Gasteiger partial charge in [-0.3, -0.25) is 14.9 Å². The van der Waals surface area contributed by atoms with Gasteiger partial charge >= 0.3 is 0 Å². The minimum absolute atomic E-state index is 0.0376. The maximum Gasteiger partial charge on any atom is 0.272 e. The lowest BCUT2D eigenvalue weighted by molar-refractivity contribution is -0.385. The average Bonchev–Trinajstić information content (AvgIpc) is 2.32. The van der Waals surface area contributed by atoms with Crippen LogP contribution in [-0.2, 0) is 4.79 Å². The molecule has 1 aromatic carbocycles. The van der Waals surface area contributed by atoms with E-state index in [1.165, 1.54) is 6.07 Å². The van der Waals surface area contributed by atoms with Crippen LogP contribution in [0.2, 0.25) is 0 Å². The highest BCUT2D eigenvalue weighted by atomic mass is 79.9. The van der Waals surface area contributed by atoms with Crippen molar-refractivity contribution >= 4 is 33.2 Å². The molecule has 0 unspecified atom stereocenters. The Labute approximate surface area is 112 Å². The van der Waals surface area contributed by atoms with Crippen LogP contribution < -0.4 is 5.32 Å². The number of carbonyl (C=O) groups is 1. The number of hydrogen-bond donors (Lipinski definition) is 1. The number of nitrogens with one attached hydrogen (secondary N) is 1. The number of unbranched alkanes of at least 4 members (excludes halogenated alkanes) is 1. The number of alkyl halides is 1. The van der Waals surface area contributed by atoms with Gasteiger partial charge < -0.3 is 5.32 Å². The molecule has 0 saturated heterocycles. The Bertz CT molecular complexity index is 454. The maximum absolute atomic E-state index is 13.4. The number of rotatable bonds is 6. The molecule has 18 heavy (non-hydrogen) atoms. The van der Waals surface area contributed by atoms with Crippen molar-refractivity contribution in [1.82, 2.24) is 0 Å². The van der Waals surface area contributed by atoms with Crippen molar-refractivity contribution in [2.75, 3.05) is 10.6 Å². The van der Waals surface area contributed by atoms with E-state index < -0.39 is 10.7 Å². The molecule has 0 aliphatic rings. The molecule has 0 bridgehead atoms. The maximum atomic E-state index is 13.4. The summed E-state index contributed by atoms with van der Waals surface area (Å²) in [6.07, 6.45) is 1.85. The zero-order valence-corrected chi connectivity index (χ0v) is 11.1. The van der Waals surface area contributed by atoms with Crippen LogP contribution in [0.4, 0.5) is 15.8 Å². The summed E-state index contributed by atoms with van der Waals surface area (Å²) in [7, 11) is 0. The Morgan fingerprint density at radius 2 is 2.17 bits per heavy atom. The number of anilines is 1. The number of nitrogens with zero attached hydrogens (tertiary/aromatic N) is 1. The molecule has 98 valence electrons. The molecular weight excluding hydrogens is 307 g/mol. The van der Waals surface area contributed by atoms with E-state index in [1.807, 2.05) is 0 Å². The fourth-order valence-electron chi connectivity index (χ4n) is 1.31. The topological polar surface area (TPSA) is 72.2 Å². The summed E-state index contributed by atoms with van der Waals surface area (Å²) in [6, 6.07) is 3.13. The molecule has 0 aliphatic carbocycles. The number of nitro groups is 1. The van der Waals surface area contributed by atoms with Crippen LogP contribution in [0.5, 0.6) is 0 Å². The van der Waals surface area contributed by atoms with E-state index in [4.69, 9.17) is 0 Å². The summed E-state index contributed by atoms with van der Waals surface area (Å²) in [4.78, 5) is 21.1. The van der Waals surface area contributed by atoms with Crippen LogP contribution in [0, 0.1) is 15.9 Å². The first kappa shape index (κ1) is 14.6. The average molecular weight is 319 g/mol. The summed E-state index contributed by atoms with van der Waals surface area (Å²) < 4.78 is 13.4. The van der Waals surface area contributed by atoms with Gasteiger partial charge in [-0.15, -0.1) is 0 Å². The fraction of sp³-hybridized carbons (Fsp3) is 0.364. The number of carbonyl (C=O) groups excluding carboxylic acids is 1. The van der Waals surface area contributed by atoms with Gasteiger partial charge in [0.2, 0.25) is 5.91 Å². The van der Waals surface area contributed by atoms with Gasteiger partial charge in [0.15, 0.2) is 5.82 Å². The highest BCUT2D eigenvalue weighted by Gasteiger charge is 2.12. The molecule has 0 aromatic heterocycles. The van der Waals surface area contributed by atoms with Gasteiger partial charge in [-0.05, 0) is 18.9 Å². The van der Waals surface area contributed by atoms with Gasteiger partial charge in [0.1, 0.15) is 0 Å². The van der Waals surface area contributed by atoms with Crippen molar-refractivity contribution in [1.29, 1.82) is 0 Å². The van der Waals surface area contributed by atoms with Crippen LogP contribution in [0.15, 0.2) is 18.2 Å². The highest BCUT2D eigenvalue weighted by Crippen LogP contribution is 2.20. The number of hydrogen-bond acceptors (Lipinski definition) is 3. The third-order valence-corrected chi connectivity index (χ3v) is 2.79. The van der Waals surface area contributed by atoms with Crippen LogP contribution in [0.25, 0.3) is 0 Å². The van der Waals surface area contributed by atoms with Crippen LogP contribution in [-0.4, -0.2) is 16.2 Å². The van der Waals surface area contributed by atoms with Gasteiger partial charge in [0.25, 0.3) is 5.69 Å². The van der Waals surface area contributed by atoms with Crippen LogP contribution in [0.1, 0.15) is 19.3 Å². The Morgan fingerprint density at radius 3 is 2.72 bits per heavy atom. The molecular formula is C11H12BrFN2O3. The zero-order valence-electron chi connectivity index (χ0n) is 9.49. The van der Waals surface area contributed by atoms with Gasteiger partial charge in [-0.25, -0.2) is 4.39 Å². The van der Waals surface area contributed by atoms with Crippen molar-refractivity contribution in [2.45, 2.75) is 19.3 Å². The number of amides is 1. The van der Waals surface area contributed by atoms with Crippen molar-refractivity contribution in [3.05, 3.63) is 34.1 Å².